The first-order chi connectivity index (χ1) is 7.84. The Balaban J connectivity index is 2.57. The molecule has 6 nitrogen and oxygen atoms in total. The highest BCUT2D eigenvalue weighted by molar-refractivity contribution is 5.84. The van der Waals surface area contributed by atoms with E-state index in [-0.39, 0.29) is 12.5 Å². The van der Waals surface area contributed by atoms with Crippen molar-refractivity contribution in [3.8, 4) is 0 Å². The summed E-state index contributed by atoms with van der Waals surface area (Å²) >= 11 is 0. The zero-order valence-corrected chi connectivity index (χ0v) is 10.2. The fourth-order valence-corrected chi connectivity index (χ4v) is 1.92. The smallest absolute Gasteiger partial charge is 0.337 e. The van der Waals surface area contributed by atoms with Gasteiger partial charge in [0.1, 0.15) is 0 Å². The number of hydrogen-bond donors (Lipinski definition) is 4. The highest BCUT2D eigenvalue weighted by Gasteiger charge is 2.40. The number of aliphatic carboxylic acids is 1. The summed E-state index contributed by atoms with van der Waals surface area (Å²) < 4.78 is 0. The van der Waals surface area contributed by atoms with E-state index in [0.29, 0.717) is 13.0 Å². The summed E-state index contributed by atoms with van der Waals surface area (Å²) in [5.41, 5.74) is -2.38. The Hall–Kier alpha value is -1.14. The van der Waals surface area contributed by atoms with Gasteiger partial charge < -0.3 is 20.8 Å². The van der Waals surface area contributed by atoms with Crippen LogP contribution in [0.4, 0.5) is 0 Å². The van der Waals surface area contributed by atoms with Crippen molar-refractivity contribution >= 4 is 11.9 Å². The summed E-state index contributed by atoms with van der Waals surface area (Å²) in [7, 11) is 0. The van der Waals surface area contributed by atoms with Crippen molar-refractivity contribution in [2.24, 2.45) is 5.41 Å². The number of nitrogens with one attached hydrogen (secondary N) is 2. The Morgan fingerprint density at radius 3 is 2.59 bits per heavy atom. The SMILES string of the molecule is CCC1(C(=O)NCC(C)(O)C(=O)O)CCNC1. The average molecular weight is 244 g/mol. The second-order valence-corrected chi connectivity index (χ2v) is 4.82. The summed E-state index contributed by atoms with van der Waals surface area (Å²) in [5.74, 6) is -1.53. The van der Waals surface area contributed by atoms with Crippen LogP contribution in [0.3, 0.4) is 0 Å². The van der Waals surface area contributed by atoms with Crippen LogP contribution in [-0.4, -0.2) is 47.3 Å². The molecule has 1 heterocycles. The number of carbonyl (C=O) groups excluding carboxylic acids is 1. The highest BCUT2D eigenvalue weighted by atomic mass is 16.4. The van der Waals surface area contributed by atoms with Crippen LogP contribution in [0.2, 0.25) is 0 Å². The van der Waals surface area contributed by atoms with Crippen LogP contribution in [0.15, 0.2) is 0 Å². The Morgan fingerprint density at radius 2 is 2.18 bits per heavy atom. The summed E-state index contributed by atoms with van der Waals surface area (Å²) in [6.45, 7) is 4.22. The largest absolute Gasteiger partial charge is 0.479 e. The molecular weight excluding hydrogens is 224 g/mol. The number of carbonyl (C=O) groups is 2. The fraction of sp³-hybridized carbons (Fsp3) is 0.818. The standard InChI is InChI=1S/C11H20N2O4/c1-3-11(4-5-12-7-11)8(14)13-6-10(2,17)9(15)16/h12,17H,3-7H2,1-2H3,(H,13,14)(H,15,16). The van der Waals surface area contributed by atoms with Gasteiger partial charge in [-0.15, -0.1) is 0 Å². The maximum Gasteiger partial charge on any atom is 0.337 e. The first kappa shape index (κ1) is 13.9. The predicted octanol–water partition coefficient (Wildman–Crippen LogP) is -0.672. The van der Waals surface area contributed by atoms with Crippen LogP contribution in [0.1, 0.15) is 26.7 Å². The molecule has 0 aromatic rings. The molecule has 6 heteroatoms. The van der Waals surface area contributed by atoms with Gasteiger partial charge in [0, 0.05) is 6.54 Å². The van der Waals surface area contributed by atoms with Gasteiger partial charge in [-0.2, -0.15) is 0 Å². The van der Waals surface area contributed by atoms with Crippen LogP contribution in [0.5, 0.6) is 0 Å². The average Bonchev–Trinajstić information content (AvgIpc) is 2.75. The molecule has 1 fully saturated rings. The minimum Gasteiger partial charge on any atom is -0.479 e. The van der Waals surface area contributed by atoms with Crippen molar-refractivity contribution < 1.29 is 19.8 Å². The van der Waals surface area contributed by atoms with E-state index in [1.807, 2.05) is 6.92 Å². The number of carboxylic acids is 1. The summed E-state index contributed by atoms with van der Waals surface area (Å²) in [5, 5.41) is 23.9. The molecule has 1 aliphatic rings. The summed E-state index contributed by atoms with van der Waals surface area (Å²) in [4.78, 5) is 22.7. The third-order valence-electron chi connectivity index (χ3n) is 3.46. The second-order valence-electron chi connectivity index (χ2n) is 4.82. The lowest BCUT2D eigenvalue weighted by molar-refractivity contribution is -0.156. The van der Waals surface area contributed by atoms with Gasteiger partial charge in [-0.1, -0.05) is 6.92 Å². The molecule has 0 aliphatic carbocycles. The Labute approximate surface area is 100 Å². The van der Waals surface area contributed by atoms with Crippen molar-refractivity contribution in [1.29, 1.82) is 0 Å². The van der Waals surface area contributed by atoms with Crippen molar-refractivity contribution in [2.45, 2.75) is 32.3 Å². The van der Waals surface area contributed by atoms with E-state index >= 15 is 0 Å². The molecule has 0 aromatic heterocycles. The van der Waals surface area contributed by atoms with Gasteiger partial charge in [-0.3, -0.25) is 4.79 Å². The van der Waals surface area contributed by atoms with Gasteiger partial charge >= 0.3 is 5.97 Å². The van der Waals surface area contributed by atoms with Gasteiger partial charge in [-0.05, 0) is 26.3 Å². The number of carboxylic acid groups (broad SMARTS) is 1. The minimum absolute atomic E-state index is 0.188. The number of aliphatic hydroxyl groups is 1. The first-order valence-corrected chi connectivity index (χ1v) is 5.79. The van der Waals surface area contributed by atoms with Gasteiger partial charge in [0.05, 0.1) is 12.0 Å². The molecule has 1 amide bonds. The predicted molar refractivity (Wildman–Crippen MR) is 61.5 cm³/mol. The van der Waals surface area contributed by atoms with Gasteiger partial charge in [0.2, 0.25) is 5.91 Å². The van der Waals surface area contributed by atoms with E-state index in [1.54, 1.807) is 0 Å². The summed E-state index contributed by atoms with van der Waals surface area (Å²) in [6.07, 6.45) is 1.44. The van der Waals surface area contributed by atoms with E-state index in [0.717, 1.165) is 13.0 Å². The molecule has 2 atom stereocenters. The van der Waals surface area contributed by atoms with Crippen LogP contribution in [0, 0.1) is 5.41 Å². The van der Waals surface area contributed by atoms with Gasteiger partial charge in [-0.25, -0.2) is 4.79 Å². The molecule has 1 saturated heterocycles. The molecule has 2 unspecified atom stereocenters. The first-order valence-electron chi connectivity index (χ1n) is 5.79. The zero-order valence-electron chi connectivity index (χ0n) is 10.2. The third-order valence-corrected chi connectivity index (χ3v) is 3.46. The maximum atomic E-state index is 12.0. The second kappa shape index (κ2) is 5.01. The lowest BCUT2D eigenvalue weighted by Crippen LogP contribution is -2.51. The normalized spacial score (nSPS) is 27.5. The van der Waals surface area contributed by atoms with Gasteiger partial charge in [0.15, 0.2) is 5.60 Å². The van der Waals surface area contributed by atoms with E-state index in [1.165, 1.54) is 6.92 Å². The van der Waals surface area contributed by atoms with E-state index < -0.39 is 17.0 Å². The molecule has 0 bridgehead atoms. The van der Waals surface area contributed by atoms with Crippen molar-refractivity contribution in [1.82, 2.24) is 10.6 Å². The zero-order chi connectivity index (χ0) is 13.1. The van der Waals surface area contributed by atoms with E-state index in [2.05, 4.69) is 10.6 Å². The van der Waals surface area contributed by atoms with Gasteiger partial charge in [0.25, 0.3) is 0 Å². The number of amides is 1. The van der Waals surface area contributed by atoms with Crippen LogP contribution < -0.4 is 10.6 Å². The topological polar surface area (TPSA) is 98.7 Å². The third kappa shape index (κ3) is 2.95. The minimum atomic E-state index is -1.92. The molecule has 4 N–H and O–H groups in total. The Kier molecular flexibility index (Phi) is 4.11. The summed E-state index contributed by atoms with van der Waals surface area (Å²) in [6, 6.07) is 0. The fourth-order valence-electron chi connectivity index (χ4n) is 1.92. The lowest BCUT2D eigenvalue weighted by Gasteiger charge is -2.27. The van der Waals surface area contributed by atoms with Crippen molar-refractivity contribution in [3.63, 3.8) is 0 Å². The Morgan fingerprint density at radius 1 is 1.53 bits per heavy atom. The molecule has 98 valence electrons. The molecule has 1 aliphatic heterocycles. The van der Waals surface area contributed by atoms with Crippen LogP contribution in [0.25, 0.3) is 0 Å². The Bertz CT molecular complexity index is 309. The molecule has 0 aromatic carbocycles. The van der Waals surface area contributed by atoms with Crippen LogP contribution in [-0.2, 0) is 9.59 Å². The lowest BCUT2D eigenvalue weighted by atomic mass is 9.83. The molecule has 0 saturated carbocycles. The monoisotopic (exact) mass is 244 g/mol. The molecule has 0 spiro atoms. The van der Waals surface area contributed by atoms with Crippen molar-refractivity contribution in [3.05, 3.63) is 0 Å². The molecule has 1 rings (SSSR count). The maximum absolute atomic E-state index is 12.0. The molecule has 0 radical (unpaired) electrons. The van der Waals surface area contributed by atoms with Crippen molar-refractivity contribution in [2.75, 3.05) is 19.6 Å². The highest BCUT2D eigenvalue weighted by Crippen LogP contribution is 2.29. The van der Waals surface area contributed by atoms with E-state index in [9.17, 15) is 14.7 Å². The molecular formula is C11H20N2O4. The quantitative estimate of drug-likeness (QED) is 0.514. The number of hydrogen-bond acceptors (Lipinski definition) is 4. The van der Waals surface area contributed by atoms with E-state index in [4.69, 9.17) is 5.11 Å². The molecule has 17 heavy (non-hydrogen) atoms. The number of rotatable bonds is 5. The van der Waals surface area contributed by atoms with Crippen LogP contribution >= 0.6 is 0 Å².